The van der Waals surface area contributed by atoms with Crippen molar-refractivity contribution in [1.82, 2.24) is 5.48 Å². The maximum absolute atomic E-state index is 10.8. The van der Waals surface area contributed by atoms with Crippen molar-refractivity contribution in [2.75, 3.05) is 13.2 Å². The Bertz CT molecular complexity index is 143. The van der Waals surface area contributed by atoms with Crippen molar-refractivity contribution in [1.29, 1.82) is 0 Å². The Labute approximate surface area is 72.2 Å². The van der Waals surface area contributed by atoms with Gasteiger partial charge in [-0.05, 0) is 12.8 Å². The Kier molecular flexibility index (Phi) is 4.04. The fraction of sp³-hybridized carbons (Fsp3) is 0.875. The first-order valence-corrected chi connectivity index (χ1v) is 4.35. The Hall–Kier alpha value is -0.610. The fourth-order valence-electron chi connectivity index (χ4n) is 1.02. The van der Waals surface area contributed by atoms with Gasteiger partial charge in [-0.1, -0.05) is 6.92 Å². The summed E-state index contributed by atoms with van der Waals surface area (Å²) < 4.78 is 5.14. The molecule has 1 saturated heterocycles. The van der Waals surface area contributed by atoms with Gasteiger partial charge in [0.2, 0.25) is 5.91 Å². The molecule has 4 heteroatoms. The van der Waals surface area contributed by atoms with E-state index in [0.717, 1.165) is 26.1 Å². The summed E-state index contributed by atoms with van der Waals surface area (Å²) in [5.74, 6) is -0.0681. The van der Waals surface area contributed by atoms with E-state index in [1.807, 2.05) is 0 Å². The second-order valence-electron chi connectivity index (χ2n) is 2.81. The van der Waals surface area contributed by atoms with Gasteiger partial charge in [-0.25, -0.2) is 5.48 Å². The zero-order valence-electron chi connectivity index (χ0n) is 7.34. The summed E-state index contributed by atoms with van der Waals surface area (Å²) in [6.45, 7) is 3.25. The van der Waals surface area contributed by atoms with Crippen LogP contribution in [0.1, 0.15) is 26.2 Å². The molecule has 1 rings (SSSR count). The van der Waals surface area contributed by atoms with Gasteiger partial charge < -0.3 is 4.74 Å². The Morgan fingerprint density at radius 1 is 1.58 bits per heavy atom. The first-order valence-electron chi connectivity index (χ1n) is 4.35. The lowest BCUT2D eigenvalue weighted by molar-refractivity contribution is -0.143. The van der Waals surface area contributed by atoms with Gasteiger partial charge in [0.25, 0.3) is 0 Å². The summed E-state index contributed by atoms with van der Waals surface area (Å²) in [4.78, 5) is 15.9. The molecule has 0 radical (unpaired) electrons. The number of rotatable bonds is 3. The number of hydrogen-bond acceptors (Lipinski definition) is 3. The van der Waals surface area contributed by atoms with E-state index in [1.54, 1.807) is 6.92 Å². The van der Waals surface area contributed by atoms with Gasteiger partial charge in [-0.15, -0.1) is 0 Å². The number of carbonyl (C=O) groups excluding carboxylic acids is 1. The van der Waals surface area contributed by atoms with Crippen molar-refractivity contribution in [2.45, 2.75) is 32.3 Å². The van der Waals surface area contributed by atoms with E-state index in [0.29, 0.717) is 6.42 Å². The predicted molar refractivity (Wildman–Crippen MR) is 43.4 cm³/mol. The van der Waals surface area contributed by atoms with Gasteiger partial charge >= 0.3 is 0 Å². The van der Waals surface area contributed by atoms with E-state index in [1.165, 1.54) is 0 Å². The van der Waals surface area contributed by atoms with E-state index in [2.05, 4.69) is 5.48 Å². The SMILES string of the molecule is CCC(=O)NOC1CCOCC1. The van der Waals surface area contributed by atoms with E-state index in [-0.39, 0.29) is 12.0 Å². The third kappa shape index (κ3) is 3.19. The molecule has 1 aliphatic rings. The van der Waals surface area contributed by atoms with Gasteiger partial charge in [0.1, 0.15) is 0 Å². The molecular weight excluding hydrogens is 158 g/mol. The molecular formula is C8H15NO3. The van der Waals surface area contributed by atoms with Crippen molar-refractivity contribution in [3.63, 3.8) is 0 Å². The Morgan fingerprint density at radius 2 is 2.25 bits per heavy atom. The summed E-state index contributed by atoms with van der Waals surface area (Å²) in [5, 5.41) is 0. The molecule has 0 aromatic carbocycles. The van der Waals surface area contributed by atoms with Crippen molar-refractivity contribution >= 4 is 5.91 Å². The number of amides is 1. The average Bonchev–Trinajstić information content (AvgIpc) is 2.16. The second kappa shape index (κ2) is 5.11. The van der Waals surface area contributed by atoms with E-state index in [9.17, 15) is 4.79 Å². The molecule has 0 aromatic heterocycles. The van der Waals surface area contributed by atoms with Crippen LogP contribution in [0.2, 0.25) is 0 Å². The molecule has 0 spiro atoms. The molecule has 1 fully saturated rings. The number of hydrogen-bond donors (Lipinski definition) is 1. The third-order valence-corrected chi connectivity index (χ3v) is 1.83. The van der Waals surface area contributed by atoms with Crippen LogP contribution in [0.15, 0.2) is 0 Å². The maximum Gasteiger partial charge on any atom is 0.243 e. The predicted octanol–water partition coefficient (Wildman–Crippen LogP) is 0.623. The zero-order chi connectivity index (χ0) is 8.81. The summed E-state index contributed by atoms with van der Waals surface area (Å²) in [6.07, 6.45) is 2.33. The van der Waals surface area contributed by atoms with Crippen LogP contribution in [-0.4, -0.2) is 25.2 Å². The molecule has 1 N–H and O–H groups in total. The molecule has 0 saturated carbocycles. The van der Waals surface area contributed by atoms with E-state index in [4.69, 9.17) is 9.57 Å². The first-order chi connectivity index (χ1) is 5.83. The molecule has 70 valence electrons. The third-order valence-electron chi connectivity index (χ3n) is 1.83. The summed E-state index contributed by atoms with van der Waals surface area (Å²) in [6, 6.07) is 0. The summed E-state index contributed by atoms with van der Waals surface area (Å²) in [5.41, 5.74) is 2.41. The van der Waals surface area contributed by atoms with Crippen LogP contribution in [0.25, 0.3) is 0 Å². The van der Waals surface area contributed by atoms with Gasteiger partial charge in [0, 0.05) is 19.6 Å². The van der Waals surface area contributed by atoms with Crippen LogP contribution < -0.4 is 5.48 Å². The normalized spacial score (nSPS) is 19.1. The zero-order valence-corrected chi connectivity index (χ0v) is 7.34. The standard InChI is InChI=1S/C8H15NO3/c1-2-8(10)9-12-7-3-5-11-6-4-7/h7H,2-6H2,1H3,(H,9,10). The molecule has 4 nitrogen and oxygen atoms in total. The van der Waals surface area contributed by atoms with Gasteiger partial charge in [-0.3, -0.25) is 9.63 Å². The molecule has 0 unspecified atom stereocenters. The van der Waals surface area contributed by atoms with Crippen molar-refractivity contribution in [3.05, 3.63) is 0 Å². The summed E-state index contributed by atoms with van der Waals surface area (Å²) >= 11 is 0. The molecule has 1 heterocycles. The molecule has 1 aliphatic heterocycles. The lowest BCUT2D eigenvalue weighted by Gasteiger charge is -2.21. The minimum Gasteiger partial charge on any atom is -0.381 e. The molecule has 0 aromatic rings. The maximum atomic E-state index is 10.8. The van der Waals surface area contributed by atoms with Gasteiger partial charge in [0.15, 0.2) is 0 Å². The smallest absolute Gasteiger partial charge is 0.243 e. The van der Waals surface area contributed by atoms with Gasteiger partial charge in [-0.2, -0.15) is 0 Å². The highest BCUT2D eigenvalue weighted by molar-refractivity contribution is 5.74. The van der Waals surface area contributed by atoms with Crippen LogP contribution in [-0.2, 0) is 14.4 Å². The highest BCUT2D eigenvalue weighted by atomic mass is 16.7. The molecule has 0 bridgehead atoms. The quantitative estimate of drug-likeness (QED) is 0.636. The molecule has 12 heavy (non-hydrogen) atoms. The van der Waals surface area contributed by atoms with Crippen LogP contribution in [0.3, 0.4) is 0 Å². The highest BCUT2D eigenvalue weighted by Gasteiger charge is 2.14. The number of nitrogens with one attached hydrogen (secondary N) is 1. The number of ether oxygens (including phenoxy) is 1. The molecule has 1 amide bonds. The largest absolute Gasteiger partial charge is 0.381 e. The van der Waals surface area contributed by atoms with Crippen molar-refractivity contribution in [3.8, 4) is 0 Å². The monoisotopic (exact) mass is 173 g/mol. The lowest BCUT2D eigenvalue weighted by Crippen LogP contribution is -2.32. The number of carbonyl (C=O) groups is 1. The Balaban J connectivity index is 2.09. The van der Waals surface area contributed by atoms with Crippen molar-refractivity contribution in [2.24, 2.45) is 0 Å². The minimum absolute atomic E-state index is 0.0681. The van der Waals surface area contributed by atoms with Crippen LogP contribution in [0, 0.1) is 0 Å². The summed E-state index contributed by atoms with van der Waals surface area (Å²) in [7, 11) is 0. The average molecular weight is 173 g/mol. The second-order valence-corrected chi connectivity index (χ2v) is 2.81. The minimum atomic E-state index is -0.0681. The van der Waals surface area contributed by atoms with Crippen LogP contribution in [0.5, 0.6) is 0 Å². The molecule has 0 atom stereocenters. The highest BCUT2D eigenvalue weighted by Crippen LogP contribution is 2.08. The number of hydroxylamine groups is 1. The first kappa shape index (κ1) is 9.48. The fourth-order valence-corrected chi connectivity index (χ4v) is 1.02. The Morgan fingerprint density at radius 3 is 2.83 bits per heavy atom. The molecule has 0 aliphatic carbocycles. The van der Waals surface area contributed by atoms with Crippen LogP contribution >= 0.6 is 0 Å². The van der Waals surface area contributed by atoms with Gasteiger partial charge in [0.05, 0.1) is 6.10 Å². The van der Waals surface area contributed by atoms with Crippen LogP contribution in [0.4, 0.5) is 0 Å². The van der Waals surface area contributed by atoms with E-state index >= 15 is 0 Å². The lowest BCUT2D eigenvalue weighted by atomic mass is 10.2. The van der Waals surface area contributed by atoms with E-state index < -0.39 is 0 Å². The van der Waals surface area contributed by atoms with Crippen molar-refractivity contribution < 1.29 is 14.4 Å². The topological polar surface area (TPSA) is 47.6 Å².